The summed E-state index contributed by atoms with van der Waals surface area (Å²) >= 11 is 5.57. The van der Waals surface area contributed by atoms with Gasteiger partial charge in [0.25, 0.3) is 0 Å². The maximum absolute atomic E-state index is 11.2. The molecular formula is C8H11ClO2. The zero-order valence-electron chi connectivity index (χ0n) is 6.47. The van der Waals surface area contributed by atoms with Crippen LogP contribution in [0.2, 0.25) is 0 Å². The third-order valence-electron chi connectivity index (χ3n) is 2.11. The van der Waals surface area contributed by atoms with Gasteiger partial charge in [-0.1, -0.05) is 6.42 Å². The molecule has 1 atom stereocenters. The van der Waals surface area contributed by atoms with Crippen molar-refractivity contribution in [2.24, 2.45) is 5.92 Å². The van der Waals surface area contributed by atoms with Crippen molar-refractivity contribution in [3.63, 3.8) is 0 Å². The van der Waals surface area contributed by atoms with E-state index in [0.29, 0.717) is 0 Å². The normalized spacial score (nSPS) is 20.5. The third-order valence-corrected chi connectivity index (χ3v) is 2.64. The molecule has 11 heavy (non-hydrogen) atoms. The lowest BCUT2D eigenvalue weighted by molar-refractivity contribution is -0.129. The van der Waals surface area contributed by atoms with Gasteiger partial charge in [-0.05, 0) is 19.8 Å². The Bertz CT molecular complexity index is 185. The fraction of sp³-hybridized carbons (Fsp3) is 0.750. The average molecular weight is 175 g/mol. The van der Waals surface area contributed by atoms with Gasteiger partial charge in [0.15, 0.2) is 16.9 Å². The highest BCUT2D eigenvalue weighted by atomic mass is 35.5. The van der Waals surface area contributed by atoms with Crippen molar-refractivity contribution < 1.29 is 9.59 Å². The van der Waals surface area contributed by atoms with Crippen LogP contribution < -0.4 is 0 Å². The molecule has 1 rings (SSSR count). The van der Waals surface area contributed by atoms with Crippen LogP contribution in [0.5, 0.6) is 0 Å². The van der Waals surface area contributed by atoms with Crippen LogP contribution in [-0.4, -0.2) is 16.9 Å². The number of ketones is 2. The Morgan fingerprint density at radius 3 is 2.27 bits per heavy atom. The van der Waals surface area contributed by atoms with Crippen LogP contribution in [0, 0.1) is 5.92 Å². The van der Waals surface area contributed by atoms with E-state index in [0.717, 1.165) is 19.3 Å². The fourth-order valence-electron chi connectivity index (χ4n) is 1.10. The van der Waals surface area contributed by atoms with Crippen molar-refractivity contribution in [1.82, 2.24) is 0 Å². The highest BCUT2D eigenvalue weighted by Gasteiger charge is 2.31. The smallest absolute Gasteiger partial charge is 0.161 e. The number of rotatable bonds is 3. The zero-order valence-corrected chi connectivity index (χ0v) is 7.23. The van der Waals surface area contributed by atoms with Crippen LogP contribution in [-0.2, 0) is 9.59 Å². The average Bonchev–Trinajstić information content (AvgIpc) is 1.82. The number of halogens is 1. The van der Waals surface area contributed by atoms with Crippen molar-refractivity contribution in [3.05, 3.63) is 0 Å². The molecule has 1 fully saturated rings. The third kappa shape index (κ3) is 1.80. The van der Waals surface area contributed by atoms with Crippen LogP contribution >= 0.6 is 11.6 Å². The molecule has 0 aromatic heterocycles. The van der Waals surface area contributed by atoms with Crippen LogP contribution in [0.25, 0.3) is 0 Å². The monoisotopic (exact) mass is 174 g/mol. The lowest BCUT2D eigenvalue weighted by Gasteiger charge is -2.24. The Hall–Kier alpha value is -0.370. The SMILES string of the molecule is CC(=O)C(Cl)C(=O)C1CCC1. The maximum atomic E-state index is 11.2. The first-order chi connectivity index (χ1) is 5.13. The topological polar surface area (TPSA) is 34.1 Å². The van der Waals surface area contributed by atoms with Gasteiger partial charge in [0.05, 0.1) is 0 Å². The Kier molecular flexibility index (Phi) is 2.66. The second-order valence-electron chi connectivity index (χ2n) is 3.00. The zero-order chi connectivity index (χ0) is 8.43. The first-order valence-corrected chi connectivity index (χ1v) is 4.25. The van der Waals surface area contributed by atoms with Crippen molar-refractivity contribution in [2.75, 3.05) is 0 Å². The van der Waals surface area contributed by atoms with E-state index in [1.54, 1.807) is 0 Å². The van der Waals surface area contributed by atoms with Gasteiger partial charge >= 0.3 is 0 Å². The number of Topliss-reactive ketones (excluding diaryl/α,β-unsaturated/α-hetero) is 2. The second kappa shape index (κ2) is 3.35. The Labute approximate surface area is 70.9 Å². The summed E-state index contributed by atoms with van der Waals surface area (Å²) in [6.07, 6.45) is 2.92. The Morgan fingerprint density at radius 1 is 1.45 bits per heavy atom. The van der Waals surface area contributed by atoms with Crippen molar-refractivity contribution >= 4 is 23.2 Å². The van der Waals surface area contributed by atoms with Crippen LogP contribution in [0.15, 0.2) is 0 Å². The maximum Gasteiger partial charge on any atom is 0.161 e. The van der Waals surface area contributed by atoms with E-state index < -0.39 is 5.38 Å². The number of hydrogen-bond acceptors (Lipinski definition) is 2. The van der Waals surface area contributed by atoms with E-state index in [-0.39, 0.29) is 17.5 Å². The molecule has 0 spiro atoms. The lowest BCUT2D eigenvalue weighted by Crippen LogP contribution is -2.32. The molecule has 1 unspecified atom stereocenters. The van der Waals surface area contributed by atoms with Crippen molar-refractivity contribution in [3.8, 4) is 0 Å². The predicted molar refractivity (Wildman–Crippen MR) is 42.7 cm³/mol. The summed E-state index contributed by atoms with van der Waals surface area (Å²) in [7, 11) is 0. The number of hydrogen-bond donors (Lipinski definition) is 0. The van der Waals surface area contributed by atoms with E-state index in [4.69, 9.17) is 11.6 Å². The van der Waals surface area contributed by atoms with Crippen LogP contribution in [0.4, 0.5) is 0 Å². The molecule has 1 aliphatic carbocycles. The minimum Gasteiger partial charge on any atom is -0.298 e. The first kappa shape index (κ1) is 8.72. The lowest BCUT2D eigenvalue weighted by atomic mass is 9.80. The Morgan fingerprint density at radius 2 is 2.00 bits per heavy atom. The molecule has 0 radical (unpaired) electrons. The molecule has 0 aliphatic heterocycles. The quantitative estimate of drug-likeness (QED) is 0.481. The van der Waals surface area contributed by atoms with Crippen molar-refractivity contribution in [2.45, 2.75) is 31.6 Å². The van der Waals surface area contributed by atoms with Gasteiger partial charge in [-0.2, -0.15) is 0 Å². The molecule has 2 nitrogen and oxygen atoms in total. The van der Waals surface area contributed by atoms with E-state index in [1.165, 1.54) is 6.92 Å². The molecule has 3 heteroatoms. The molecular weight excluding hydrogens is 164 g/mol. The summed E-state index contributed by atoms with van der Waals surface area (Å²) in [4.78, 5) is 21.9. The van der Waals surface area contributed by atoms with E-state index in [9.17, 15) is 9.59 Å². The van der Waals surface area contributed by atoms with Crippen LogP contribution in [0.3, 0.4) is 0 Å². The van der Waals surface area contributed by atoms with Gasteiger partial charge in [-0.25, -0.2) is 0 Å². The van der Waals surface area contributed by atoms with Gasteiger partial charge in [-0.15, -0.1) is 11.6 Å². The van der Waals surface area contributed by atoms with Gasteiger partial charge in [0.2, 0.25) is 0 Å². The minimum atomic E-state index is -0.889. The van der Waals surface area contributed by atoms with Gasteiger partial charge in [0, 0.05) is 5.92 Å². The summed E-state index contributed by atoms with van der Waals surface area (Å²) in [5, 5.41) is -0.889. The molecule has 0 aromatic rings. The standard InChI is InChI=1S/C8H11ClO2/c1-5(10)7(9)8(11)6-3-2-4-6/h6-7H,2-4H2,1H3. The second-order valence-corrected chi connectivity index (χ2v) is 3.44. The Balaban J connectivity index is 2.45. The summed E-state index contributed by atoms with van der Waals surface area (Å²) < 4.78 is 0. The fourth-order valence-corrected chi connectivity index (χ4v) is 1.28. The molecule has 0 amide bonds. The molecule has 0 saturated heterocycles. The number of carbonyl (C=O) groups excluding carboxylic acids is 2. The first-order valence-electron chi connectivity index (χ1n) is 3.81. The molecule has 0 bridgehead atoms. The minimum absolute atomic E-state index is 0.0707. The number of carbonyl (C=O) groups is 2. The van der Waals surface area contributed by atoms with Gasteiger partial charge in [-0.3, -0.25) is 9.59 Å². The molecule has 0 heterocycles. The number of alkyl halides is 1. The van der Waals surface area contributed by atoms with E-state index in [1.807, 2.05) is 0 Å². The van der Waals surface area contributed by atoms with Crippen molar-refractivity contribution in [1.29, 1.82) is 0 Å². The molecule has 0 N–H and O–H groups in total. The summed E-state index contributed by atoms with van der Waals surface area (Å²) in [6.45, 7) is 1.36. The highest BCUT2D eigenvalue weighted by molar-refractivity contribution is 6.42. The van der Waals surface area contributed by atoms with E-state index >= 15 is 0 Å². The largest absolute Gasteiger partial charge is 0.298 e. The molecule has 0 aromatic carbocycles. The highest BCUT2D eigenvalue weighted by Crippen LogP contribution is 2.29. The molecule has 62 valence electrons. The summed E-state index contributed by atoms with van der Waals surface area (Å²) in [5.74, 6) is -0.240. The molecule has 1 aliphatic rings. The predicted octanol–water partition coefficient (Wildman–Crippen LogP) is 1.55. The van der Waals surface area contributed by atoms with Crippen LogP contribution in [0.1, 0.15) is 26.2 Å². The van der Waals surface area contributed by atoms with E-state index in [2.05, 4.69) is 0 Å². The van der Waals surface area contributed by atoms with Gasteiger partial charge in [0.1, 0.15) is 0 Å². The van der Waals surface area contributed by atoms with Gasteiger partial charge < -0.3 is 0 Å². The summed E-state index contributed by atoms with van der Waals surface area (Å²) in [6, 6.07) is 0. The molecule has 1 saturated carbocycles. The summed E-state index contributed by atoms with van der Waals surface area (Å²) in [5.41, 5.74) is 0.